The summed E-state index contributed by atoms with van der Waals surface area (Å²) in [4.78, 5) is 9.00. The zero-order chi connectivity index (χ0) is 25.6. The molecule has 0 aliphatic heterocycles. The monoisotopic (exact) mass is 488 g/mol. The average molecular weight is 489 g/mol. The molecule has 3 heterocycles. The second kappa shape index (κ2) is 9.24. The molecular weight excluding hydrogens is 455 g/mol. The molecule has 0 saturated heterocycles. The largest absolute Gasteiger partial charge is 0.386 e. The van der Waals surface area contributed by atoms with Gasteiger partial charge in [-0.15, -0.1) is 0 Å². The summed E-state index contributed by atoms with van der Waals surface area (Å²) in [5.74, 6) is 1.07. The third-order valence-electron chi connectivity index (χ3n) is 6.91. The second-order valence-corrected chi connectivity index (χ2v) is 10.3. The Morgan fingerprint density at radius 1 is 1.08 bits per heavy atom. The minimum atomic E-state index is -0.997. The van der Waals surface area contributed by atoms with Crippen LogP contribution in [0.2, 0.25) is 0 Å². The highest BCUT2D eigenvalue weighted by molar-refractivity contribution is 5.65. The number of benzene rings is 1. The van der Waals surface area contributed by atoms with Crippen LogP contribution < -0.4 is 0 Å². The molecule has 5 rings (SSSR count). The lowest BCUT2D eigenvalue weighted by Crippen LogP contribution is -2.18. The molecule has 8 heteroatoms. The molecule has 1 aromatic carbocycles. The van der Waals surface area contributed by atoms with Gasteiger partial charge in [-0.05, 0) is 77.1 Å². The predicted octanol–water partition coefficient (Wildman–Crippen LogP) is 5.07. The maximum absolute atomic E-state index is 13.6. The fourth-order valence-electron chi connectivity index (χ4n) is 5.19. The fraction of sp³-hybridized carbons (Fsp3) is 0.429. The van der Waals surface area contributed by atoms with Crippen molar-refractivity contribution in [3.63, 3.8) is 0 Å². The number of aromatic nitrogens is 6. The van der Waals surface area contributed by atoms with E-state index in [4.69, 9.17) is 5.10 Å². The van der Waals surface area contributed by atoms with E-state index in [-0.39, 0.29) is 5.82 Å². The van der Waals surface area contributed by atoms with Crippen molar-refractivity contribution in [3.8, 4) is 17.1 Å². The van der Waals surface area contributed by atoms with Crippen LogP contribution in [0.4, 0.5) is 4.39 Å². The van der Waals surface area contributed by atoms with Gasteiger partial charge in [-0.1, -0.05) is 6.92 Å². The van der Waals surface area contributed by atoms with E-state index in [1.54, 1.807) is 24.9 Å². The summed E-state index contributed by atoms with van der Waals surface area (Å²) >= 11 is 0. The Balaban J connectivity index is 1.52. The molecule has 4 aromatic rings. The lowest BCUT2D eigenvalue weighted by molar-refractivity contribution is 0.0772. The maximum Gasteiger partial charge on any atom is 0.157 e. The number of hydrogen-bond donors (Lipinski definition) is 1. The number of aliphatic hydroxyl groups is 1. The van der Waals surface area contributed by atoms with Crippen molar-refractivity contribution >= 4 is 0 Å². The average Bonchev–Trinajstić information content (AvgIpc) is 3.49. The van der Waals surface area contributed by atoms with Crippen LogP contribution in [0.5, 0.6) is 0 Å². The molecule has 1 aliphatic carbocycles. The van der Waals surface area contributed by atoms with Crippen molar-refractivity contribution in [2.45, 2.75) is 72.4 Å². The van der Waals surface area contributed by atoms with Crippen LogP contribution >= 0.6 is 0 Å². The minimum absolute atomic E-state index is 0.240. The van der Waals surface area contributed by atoms with Crippen molar-refractivity contribution in [2.75, 3.05) is 0 Å². The Kier molecular flexibility index (Phi) is 6.24. The zero-order valence-electron chi connectivity index (χ0n) is 21.6. The third-order valence-corrected chi connectivity index (χ3v) is 6.91. The van der Waals surface area contributed by atoms with E-state index in [9.17, 15) is 9.50 Å². The summed E-state index contributed by atoms with van der Waals surface area (Å²) in [5.41, 5.74) is 6.48. The molecule has 3 aromatic heterocycles. The lowest BCUT2D eigenvalue weighted by Gasteiger charge is -2.18. The summed E-state index contributed by atoms with van der Waals surface area (Å²) in [6, 6.07) is 8.63. The molecular formula is C28H33FN6O. The van der Waals surface area contributed by atoms with Gasteiger partial charge in [0.1, 0.15) is 12.1 Å². The SMILES string of the molecule is CCc1c(Cc2cc(-n3nc(C)c(C(C)(C)O)c3C)ncn2)nn(CC2CC2)c1-c1ccc(F)cc1. The number of nitrogens with zero attached hydrogens (tertiary/aromatic N) is 6. The van der Waals surface area contributed by atoms with Gasteiger partial charge >= 0.3 is 0 Å². The van der Waals surface area contributed by atoms with Gasteiger partial charge in [-0.2, -0.15) is 10.2 Å². The lowest BCUT2D eigenvalue weighted by atomic mass is 9.96. The van der Waals surface area contributed by atoms with E-state index in [0.29, 0.717) is 18.2 Å². The molecule has 0 spiro atoms. The topological polar surface area (TPSA) is 81.7 Å². The van der Waals surface area contributed by atoms with Gasteiger partial charge in [0.25, 0.3) is 0 Å². The molecule has 36 heavy (non-hydrogen) atoms. The van der Waals surface area contributed by atoms with Gasteiger partial charge in [0.2, 0.25) is 0 Å². The molecule has 0 atom stereocenters. The highest BCUT2D eigenvalue weighted by atomic mass is 19.1. The predicted molar refractivity (Wildman–Crippen MR) is 136 cm³/mol. The Morgan fingerprint density at radius 2 is 1.81 bits per heavy atom. The highest BCUT2D eigenvalue weighted by Gasteiger charge is 2.28. The fourth-order valence-corrected chi connectivity index (χ4v) is 5.19. The maximum atomic E-state index is 13.6. The van der Waals surface area contributed by atoms with Crippen molar-refractivity contribution < 1.29 is 9.50 Å². The smallest absolute Gasteiger partial charge is 0.157 e. The Labute approximate surface area is 211 Å². The minimum Gasteiger partial charge on any atom is -0.386 e. The molecule has 1 saturated carbocycles. The highest BCUT2D eigenvalue weighted by Crippen LogP contribution is 2.35. The second-order valence-electron chi connectivity index (χ2n) is 10.3. The quantitative estimate of drug-likeness (QED) is 0.374. The first-order valence-corrected chi connectivity index (χ1v) is 12.6. The normalized spacial score (nSPS) is 14.0. The molecule has 0 amide bonds. The first kappa shape index (κ1) is 24.3. The van der Waals surface area contributed by atoms with Crippen molar-refractivity contribution in [3.05, 3.63) is 76.4 Å². The van der Waals surface area contributed by atoms with E-state index >= 15 is 0 Å². The molecule has 1 aliphatic rings. The summed E-state index contributed by atoms with van der Waals surface area (Å²) in [6.07, 6.45) is 5.38. The molecule has 0 radical (unpaired) electrons. The molecule has 0 unspecified atom stereocenters. The van der Waals surface area contributed by atoms with Crippen LogP contribution in [0.1, 0.15) is 67.5 Å². The van der Waals surface area contributed by atoms with E-state index in [0.717, 1.165) is 58.1 Å². The van der Waals surface area contributed by atoms with Crippen LogP contribution in [0.15, 0.2) is 36.7 Å². The molecule has 7 nitrogen and oxygen atoms in total. The van der Waals surface area contributed by atoms with Crippen molar-refractivity contribution in [2.24, 2.45) is 5.92 Å². The van der Waals surface area contributed by atoms with Gasteiger partial charge in [0.15, 0.2) is 5.82 Å². The molecule has 1 N–H and O–H groups in total. The number of halogens is 1. The van der Waals surface area contributed by atoms with Crippen LogP contribution in [-0.4, -0.2) is 34.6 Å². The first-order chi connectivity index (χ1) is 17.2. The van der Waals surface area contributed by atoms with Gasteiger partial charge < -0.3 is 5.11 Å². The van der Waals surface area contributed by atoms with Crippen LogP contribution in [0.25, 0.3) is 17.1 Å². The Hall–Kier alpha value is -3.39. The number of hydrogen-bond acceptors (Lipinski definition) is 5. The van der Waals surface area contributed by atoms with E-state index in [1.165, 1.54) is 25.0 Å². The Morgan fingerprint density at radius 3 is 2.42 bits per heavy atom. The van der Waals surface area contributed by atoms with E-state index in [1.807, 2.05) is 32.0 Å². The Bertz CT molecular complexity index is 1390. The van der Waals surface area contributed by atoms with Crippen LogP contribution in [-0.2, 0) is 25.0 Å². The molecule has 1 fully saturated rings. The van der Waals surface area contributed by atoms with Gasteiger partial charge in [-0.3, -0.25) is 4.68 Å². The van der Waals surface area contributed by atoms with Crippen LogP contribution in [0.3, 0.4) is 0 Å². The summed E-state index contributed by atoms with van der Waals surface area (Å²) in [7, 11) is 0. The van der Waals surface area contributed by atoms with E-state index in [2.05, 4.69) is 26.7 Å². The number of rotatable bonds is 8. The molecule has 0 bridgehead atoms. The zero-order valence-corrected chi connectivity index (χ0v) is 21.6. The summed E-state index contributed by atoms with van der Waals surface area (Å²) in [6.45, 7) is 10.4. The van der Waals surface area contributed by atoms with Crippen molar-refractivity contribution in [1.29, 1.82) is 0 Å². The summed E-state index contributed by atoms with van der Waals surface area (Å²) < 4.78 is 17.5. The number of aryl methyl sites for hydroxylation is 1. The first-order valence-electron chi connectivity index (χ1n) is 12.6. The standard InChI is InChI=1S/C28H33FN6O/c1-6-23-24(33-34(15-19-7-8-19)27(23)20-9-11-21(29)12-10-20)13-22-14-25(31-16-30-22)35-18(3)26(17(2)32-35)28(4,5)36/h9-12,14,16,19,36H,6-8,13,15H2,1-5H3. The van der Waals surface area contributed by atoms with E-state index < -0.39 is 5.60 Å². The van der Waals surface area contributed by atoms with Gasteiger partial charge in [-0.25, -0.2) is 19.0 Å². The van der Waals surface area contributed by atoms with Crippen LogP contribution in [0, 0.1) is 25.6 Å². The van der Waals surface area contributed by atoms with Gasteiger partial charge in [0.05, 0.1) is 28.4 Å². The molecule has 188 valence electrons. The third kappa shape index (κ3) is 4.69. The summed E-state index contributed by atoms with van der Waals surface area (Å²) in [5, 5.41) is 20.3. The van der Waals surface area contributed by atoms with Gasteiger partial charge in [0, 0.05) is 41.4 Å². The van der Waals surface area contributed by atoms with Crippen molar-refractivity contribution in [1.82, 2.24) is 29.5 Å².